The minimum Gasteiger partial charge on any atom is -0.369 e. The molecule has 0 aromatic rings. The van der Waals surface area contributed by atoms with Gasteiger partial charge in [0, 0.05) is 13.2 Å². The third kappa shape index (κ3) is 3.48. The second kappa shape index (κ2) is 5.67. The van der Waals surface area contributed by atoms with E-state index in [-0.39, 0.29) is 5.91 Å². The van der Waals surface area contributed by atoms with Crippen LogP contribution in [0.2, 0.25) is 0 Å². The van der Waals surface area contributed by atoms with E-state index in [1.807, 2.05) is 13.8 Å². The van der Waals surface area contributed by atoms with Crippen LogP contribution in [0.5, 0.6) is 0 Å². The summed E-state index contributed by atoms with van der Waals surface area (Å²) in [7, 11) is 1.58. The van der Waals surface area contributed by atoms with Crippen LogP contribution in [-0.2, 0) is 9.53 Å². The van der Waals surface area contributed by atoms with Crippen molar-refractivity contribution in [3.05, 3.63) is 0 Å². The molecule has 0 bridgehead atoms. The lowest BCUT2D eigenvalue weighted by Crippen LogP contribution is -2.49. The summed E-state index contributed by atoms with van der Waals surface area (Å²) in [5.74, 6) is 0.591. The molecule has 1 rings (SSSR count). The van der Waals surface area contributed by atoms with E-state index in [4.69, 9.17) is 4.74 Å². The maximum atomic E-state index is 12.0. The van der Waals surface area contributed by atoms with E-state index in [1.54, 1.807) is 7.11 Å². The van der Waals surface area contributed by atoms with Crippen molar-refractivity contribution in [3.8, 4) is 0 Å². The summed E-state index contributed by atoms with van der Waals surface area (Å²) in [5.41, 5.74) is -0.716. The summed E-state index contributed by atoms with van der Waals surface area (Å²) in [6.45, 7) is 5.85. The summed E-state index contributed by atoms with van der Waals surface area (Å²) < 4.78 is 5.20. The lowest BCUT2D eigenvalue weighted by atomic mass is 9.96. The van der Waals surface area contributed by atoms with Crippen molar-refractivity contribution in [2.75, 3.05) is 7.11 Å². The molecule has 1 saturated carbocycles. The summed E-state index contributed by atoms with van der Waals surface area (Å²) in [4.78, 5) is 12.0. The number of ether oxygens (including phenoxy) is 1. The van der Waals surface area contributed by atoms with Gasteiger partial charge in [0.05, 0.1) is 0 Å². The van der Waals surface area contributed by atoms with Crippen molar-refractivity contribution in [1.82, 2.24) is 5.32 Å². The van der Waals surface area contributed by atoms with Gasteiger partial charge in [-0.1, -0.05) is 26.2 Å². The molecular formula is C13H25NO2. The third-order valence-corrected chi connectivity index (χ3v) is 3.74. The van der Waals surface area contributed by atoms with Crippen LogP contribution in [0.1, 0.15) is 52.9 Å². The van der Waals surface area contributed by atoms with E-state index >= 15 is 0 Å². The van der Waals surface area contributed by atoms with Gasteiger partial charge in [0.1, 0.15) is 5.60 Å². The fourth-order valence-corrected chi connectivity index (χ4v) is 2.14. The molecule has 94 valence electrons. The smallest absolute Gasteiger partial charge is 0.251 e. The van der Waals surface area contributed by atoms with Gasteiger partial charge in [-0.25, -0.2) is 0 Å². The Hall–Kier alpha value is -0.570. The molecule has 16 heavy (non-hydrogen) atoms. The number of hydrogen-bond acceptors (Lipinski definition) is 2. The van der Waals surface area contributed by atoms with Crippen molar-refractivity contribution in [1.29, 1.82) is 0 Å². The third-order valence-electron chi connectivity index (χ3n) is 3.74. The van der Waals surface area contributed by atoms with E-state index in [0.717, 1.165) is 6.42 Å². The molecule has 0 radical (unpaired) electrons. The molecule has 2 atom stereocenters. The Labute approximate surface area is 98.9 Å². The van der Waals surface area contributed by atoms with E-state index in [0.29, 0.717) is 12.0 Å². The molecule has 1 aliphatic carbocycles. The Kier molecular flexibility index (Phi) is 4.78. The monoisotopic (exact) mass is 227 g/mol. The highest BCUT2D eigenvalue weighted by Gasteiger charge is 2.30. The minimum absolute atomic E-state index is 0.00810. The lowest BCUT2D eigenvalue weighted by molar-refractivity contribution is -0.140. The second-order valence-electron chi connectivity index (χ2n) is 5.41. The molecular weight excluding hydrogens is 202 g/mol. The predicted molar refractivity (Wildman–Crippen MR) is 65.3 cm³/mol. The maximum absolute atomic E-state index is 12.0. The van der Waals surface area contributed by atoms with Gasteiger partial charge < -0.3 is 10.1 Å². The zero-order valence-corrected chi connectivity index (χ0v) is 11.0. The molecule has 1 N–H and O–H groups in total. The van der Waals surface area contributed by atoms with Crippen molar-refractivity contribution < 1.29 is 9.53 Å². The first-order chi connectivity index (χ1) is 7.47. The van der Waals surface area contributed by atoms with E-state index in [9.17, 15) is 4.79 Å². The fraction of sp³-hybridized carbons (Fsp3) is 0.923. The van der Waals surface area contributed by atoms with Crippen LogP contribution in [0, 0.1) is 5.92 Å². The largest absolute Gasteiger partial charge is 0.369 e. The van der Waals surface area contributed by atoms with Gasteiger partial charge in [-0.2, -0.15) is 0 Å². The average molecular weight is 227 g/mol. The predicted octanol–water partition coefficient (Wildman–Crippen LogP) is 2.50. The number of carbonyl (C=O) groups is 1. The first-order valence-electron chi connectivity index (χ1n) is 6.33. The molecule has 1 aliphatic rings. The van der Waals surface area contributed by atoms with Crippen LogP contribution in [0.25, 0.3) is 0 Å². The second-order valence-corrected chi connectivity index (χ2v) is 5.41. The molecule has 3 nitrogen and oxygen atoms in total. The topological polar surface area (TPSA) is 38.3 Å². The van der Waals surface area contributed by atoms with Gasteiger partial charge in [-0.05, 0) is 32.6 Å². The molecule has 0 aromatic heterocycles. The zero-order valence-electron chi connectivity index (χ0n) is 11.0. The molecule has 0 aliphatic heterocycles. The van der Waals surface area contributed by atoms with Crippen LogP contribution in [0.4, 0.5) is 0 Å². The Morgan fingerprint density at radius 3 is 2.50 bits per heavy atom. The highest BCUT2D eigenvalue weighted by molar-refractivity contribution is 5.84. The minimum atomic E-state index is -0.716. The van der Waals surface area contributed by atoms with Gasteiger partial charge in [0.15, 0.2) is 0 Å². The van der Waals surface area contributed by atoms with Crippen molar-refractivity contribution in [3.63, 3.8) is 0 Å². The Balaban J connectivity index is 2.54. The van der Waals surface area contributed by atoms with Crippen LogP contribution < -0.4 is 5.32 Å². The number of carbonyl (C=O) groups excluding carboxylic acids is 1. The average Bonchev–Trinajstić information content (AvgIpc) is 2.44. The summed E-state index contributed by atoms with van der Waals surface area (Å²) in [6, 6.07) is 0.324. The highest BCUT2D eigenvalue weighted by atomic mass is 16.5. The summed E-state index contributed by atoms with van der Waals surface area (Å²) in [5, 5.41) is 3.14. The normalized spacial score (nSPS) is 27.2. The Morgan fingerprint density at radius 1 is 1.25 bits per heavy atom. The van der Waals surface area contributed by atoms with Crippen LogP contribution in [0.3, 0.4) is 0 Å². The maximum Gasteiger partial charge on any atom is 0.251 e. The summed E-state index contributed by atoms with van der Waals surface area (Å²) >= 11 is 0. The molecule has 3 heteroatoms. The van der Waals surface area contributed by atoms with Crippen molar-refractivity contribution >= 4 is 5.91 Å². The lowest BCUT2D eigenvalue weighted by Gasteiger charge is -2.28. The zero-order chi connectivity index (χ0) is 12.2. The SMILES string of the molecule is COC(C)(C)C(=O)NC1CCCCCC1C. The van der Waals surface area contributed by atoms with Gasteiger partial charge in [-0.15, -0.1) is 0 Å². The fourth-order valence-electron chi connectivity index (χ4n) is 2.14. The molecule has 1 amide bonds. The molecule has 1 fully saturated rings. The standard InChI is InChI=1S/C13H25NO2/c1-10-8-6-5-7-9-11(10)14-12(15)13(2,3)16-4/h10-11H,5-9H2,1-4H3,(H,14,15). The number of hydrogen-bond donors (Lipinski definition) is 1. The Morgan fingerprint density at radius 2 is 1.88 bits per heavy atom. The van der Waals surface area contributed by atoms with Crippen molar-refractivity contribution in [2.24, 2.45) is 5.92 Å². The van der Waals surface area contributed by atoms with Gasteiger partial charge >= 0.3 is 0 Å². The van der Waals surface area contributed by atoms with Crippen LogP contribution in [-0.4, -0.2) is 24.7 Å². The Bertz CT molecular complexity index is 238. The number of amides is 1. The highest BCUT2D eigenvalue weighted by Crippen LogP contribution is 2.23. The molecule has 2 unspecified atom stereocenters. The number of methoxy groups -OCH3 is 1. The molecule has 0 spiro atoms. The first kappa shape index (κ1) is 13.5. The van der Waals surface area contributed by atoms with Crippen molar-refractivity contribution in [2.45, 2.75) is 64.5 Å². The molecule has 0 heterocycles. The van der Waals surface area contributed by atoms with Gasteiger partial charge in [0.25, 0.3) is 5.91 Å². The first-order valence-corrected chi connectivity index (χ1v) is 6.33. The van der Waals surface area contributed by atoms with E-state index < -0.39 is 5.60 Å². The molecule has 0 aromatic carbocycles. The number of rotatable bonds is 3. The van der Waals surface area contributed by atoms with E-state index in [2.05, 4.69) is 12.2 Å². The molecule has 0 saturated heterocycles. The van der Waals surface area contributed by atoms with Gasteiger partial charge in [0.2, 0.25) is 0 Å². The quantitative estimate of drug-likeness (QED) is 0.752. The summed E-state index contributed by atoms with van der Waals surface area (Å²) in [6.07, 6.45) is 6.14. The number of nitrogens with one attached hydrogen (secondary N) is 1. The van der Waals surface area contributed by atoms with Crippen LogP contribution >= 0.6 is 0 Å². The van der Waals surface area contributed by atoms with E-state index in [1.165, 1.54) is 25.7 Å². The van der Waals surface area contributed by atoms with Crippen LogP contribution in [0.15, 0.2) is 0 Å². The van der Waals surface area contributed by atoms with Gasteiger partial charge in [-0.3, -0.25) is 4.79 Å².